The molecular formula is C16H21F3N2. The predicted octanol–water partition coefficient (Wildman–Crippen LogP) is 3.83. The zero-order chi connectivity index (χ0) is 14.8. The molecule has 0 amide bonds. The third-order valence-corrected chi connectivity index (χ3v) is 4.77. The number of nitrogens with one attached hydrogen (secondary N) is 2. The minimum absolute atomic E-state index is 0.0533. The van der Waals surface area contributed by atoms with Gasteiger partial charge in [-0.25, -0.2) is 13.2 Å². The number of hydrogen-bond donors (Lipinski definition) is 2. The lowest BCUT2D eigenvalue weighted by molar-refractivity contribution is 0.262. The van der Waals surface area contributed by atoms with Crippen LogP contribution in [0.2, 0.25) is 0 Å². The Hall–Kier alpha value is -1.23. The SMILES string of the molecule is Fc1cc(F)c(F)c(NC2CCCCC2C2CCCN2)c1. The van der Waals surface area contributed by atoms with E-state index < -0.39 is 17.5 Å². The summed E-state index contributed by atoms with van der Waals surface area (Å²) in [7, 11) is 0. The fourth-order valence-corrected chi connectivity index (χ4v) is 3.76. The number of hydrogen-bond acceptors (Lipinski definition) is 2. The van der Waals surface area contributed by atoms with Gasteiger partial charge in [0.25, 0.3) is 0 Å². The molecule has 3 unspecified atom stereocenters. The summed E-state index contributed by atoms with van der Waals surface area (Å²) in [6.07, 6.45) is 6.52. The van der Waals surface area contributed by atoms with E-state index >= 15 is 0 Å². The molecule has 0 aromatic heterocycles. The smallest absolute Gasteiger partial charge is 0.182 e. The third kappa shape index (κ3) is 3.18. The van der Waals surface area contributed by atoms with Gasteiger partial charge in [0.05, 0.1) is 5.69 Å². The summed E-state index contributed by atoms with van der Waals surface area (Å²) in [5, 5.41) is 6.56. The average Bonchev–Trinajstić information content (AvgIpc) is 2.99. The lowest BCUT2D eigenvalue weighted by Gasteiger charge is -2.36. The molecular weight excluding hydrogens is 277 g/mol. The Morgan fingerprint density at radius 2 is 1.81 bits per heavy atom. The van der Waals surface area contributed by atoms with Gasteiger partial charge in [-0.15, -0.1) is 0 Å². The maximum atomic E-state index is 13.8. The Morgan fingerprint density at radius 3 is 2.57 bits per heavy atom. The van der Waals surface area contributed by atoms with Gasteiger partial charge in [0.2, 0.25) is 0 Å². The zero-order valence-corrected chi connectivity index (χ0v) is 12.0. The monoisotopic (exact) mass is 298 g/mol. The Bertz CT molecular complexity index is 501. The van der Waals surface area contributed by atoms with Crippen LogP contribution in [0.15, 0.2) is 12.1 Å². The summed E-state index contributed by atoms with van der Waals surface area (Å²) in [6.45, 7) is 1.02. The van der Waals surface area contributed by atoms with Gasteiger partial charge < -0.3 is 10.6 Å². The molecule has 2 fully saturated rings. The summed E-state index contributed by atoms with van der Waals surface area (Å²) in [5.41, 5.74) is -0.0533. The van der Waals surface area contributed by atoms with Gasteiger partial charge in [0.15, 0.2) is 11.6 Å². The van der Waals surface area contributed by atoms with E-state index in [1.54, 1.807) is 0 Å². The van der Waals surface area contributed by atoms with Crippen LogP contribution in [-0.2, 0) is 0 Å². The minimum atomic E-state index is -1.14. The molecule has 0 bridgehead atoms. The zero-order valence-electron chi connectivity index (χ0n) is 12.0. The summed E-state index contributed by atoms with van der Waals surface area (Å²) in [5.74, 6) is -2.47. The van der Waals surface area contributed by atoms with Crippen molar-refractivity contribution in [3.05, 3.63) is 29.6 Å². The average molecular weight is 298 g/mol. The summed E-state index contributed by atoms with van der Waals surface area (Å²) < 4.78 is 40.4. The quantitative estimate of drug-likeness (QED) is 0.829. The first-order chi connectivity index (χ1) is 10.1. The molecule has 1 aliphatic heterocycles. The normalized spacial score (nSPS) is 29.6. The second-order valence-corrected chi connectivity index (χ2v) is 6.15. The van der Waals surface area contributed by atoms with E-state index in [2.05, 4.69) is 10.6 Å². The highest BCUT2D eigenvalue weighted by atomic mass is 19.2. The first-order valence-corrected chi connectivity index (χ1v) is 7.79. The molecule has 0 spiro atoms. The van der Waals surface area contributed by atoms with Crippen LogP contribution in [-0.4, -0.2) is 18.6 Å². The number of halogens is 3. The van der Waals surface area contributed by atoms with Crippen LogP contribution in [0.3, 0.4) is 0 Å². The molecule has 2 nitrogen and oxygen atoms in total. The Kier molecular flexibility index (Phi) is 4.38. The number of anilines is 1. The van der Waals surface area contributed by atoms with Crippen LogP contribution < -0.4 is 10.6 Å². The van der Waals surface area contributed by atoms with Crippen molar-refractivity contribution in [1.29, 1.82) is 0 Å². The molecule has 1 aromatic carbocycles. The van der Waals surface area contributed by atoms with E-state index in [0.29, 0.717) is 18.0 Å². The summed E-state index contributed by atoms with van der Waals surface area (Å²) in [4.78, 5) is 0. The topological polar surface area (TPSA) is 24.1 Å². The van der Waals surface area contributed by atoms with Gasteiger partial charge in [-0.3, -0.25) is 0 Å². The first-order valence-electron chi connectivity index (χ1n) is 7.79. The van der Waals surface area contributed by atoms with E-state index in [1.165, 1.54) is 6.42 Å². The van der Waals surface area contributed by atoms with E-state index in [9.17, 15) is 13.2 Å². The van der Waals surface area contributed by atoms with Crippen molar-refractivity contribution in [1.82, 2.24) is 5.32 Å². The van der Waals surface area contributed by atoms with Crippen LogP contribution in [0.5, 0.6) is 0 Å². The van der Waals surface area contributed by atoms with Crippen molar-refractivity contribution >= 4 is 5.69 Å². The van der Waals surface area contributed by atoms with Crippen molar-refractivity contribution < 1.29 is 13.2 Å². The molecule has 1 aromatic rings. The third-order valence-electron chi connectivity index (χ3n) is 4.77. The number of rotatable bonds is 3. The predicted molar refractivity (Wildman–Crippen MR) is 76.7 cm³/mol. The number of benzene rings is 1. The van der Waals surface area contributed by atoms with Crippen LogP contribution in [0.4, 0.5) is 18.9 Å². The van der Waals surface area contributed by atoms with Crippen LogP contribution in [0.25, 0.3) is 0 Å². The highest BCUT2D eigenvalue weighted by Gasteiger charge is 2.33. The molecule has 21 heavy (non-hydrogen) atoms. The molecule has 5 heteroatoms. The van der Waals surface area contributed by atoms with Crippen molar-refractivity contribution in [3.63, 3.8) is 0 Å². The molecule has 2 aliphatic rings. The second-order valence-electron chi connectivity index (χ2n) is 6.15. The van der Waals surface area contributed by atoms with Gasteiger partial charge >= 0.3 is 0 Å². The fraction of sp³-hybridized carbons (Fsp3) is 0.625. The Morgan fingerprint density at radius 1 is 1.00 bits per heavy atom. The molecule has 116 valence electrons. The summed E-state index contributed by atoms with van der Waals surface area (Å²) in [6, 6.07) is 2.14. The second kappa shape index (κ2) is 6.26. The Balaban J connectivity index is 1.78. The first kappa shape index (κ1) is 14.7. The minimum Gasteiger partial charge on any atom is -0.379 e. The van der Waals surface area contributed by atoms with Crippen LogP contribution >= 0.6 is 0 Å². The molecule has 3 rings (SSSR count). The maximum absolute atomic E-state index is 13.8. The standard InChI is InChI=1S/C16H21F3N2/c17-10-8-12(18)16(19)15(9-10)21-14-5-2-1-4-11(14)13-6-3-7-20-13/h8-9,11,13-14,20-21H,1-7H2. The van der Waals surface area contributed by atoms with Crippen molar-refractivity contribution in [2.45, 2.75) is 50.6 Å². The van der Waals surface area contributed by atoms with Gasteiger partial charge in [-0.05, 0) is 38.1 Å². The molecule has 1 heterocycles. The molecule has 0 radical (unpaired) electrons. The highest BCUT2D eigenvalue weighted by molar-refractivity contribution is 5.46. The maximum Gasteiger partial charge on any atom is 0.182 e. The fourth-order valence-electron chi connectivity index (χ4n) is 3.76. The highest BCUT2D eigenvalue weighted by Crippen LogP contribution is 2.33. The van der Waals surface area contributed by atoms with E-state index in [1.807, 2.05) is 0 Å². The molecule has 1 saturated carbocycles. The summed E-state index contributed by atoms with van der Waals surface area (Å²) >= 11 is 0. The van der Waals surface area contributed by atoms with Gasteiger partial charge in [-0.2, -0.15) is 0 Å². The van der Waals surface area contributed by atoms with E-state index in [0.717, 1.165) is 44.7 Å². The largest absolute Gasteiger partial charge is 0.379 e. The van der Waals surface area contributed by atoms with Gasteiger partial charge in [0, 0.05) is 24.2 Å². The van der Waals surface area contributed by atoms with Crippen molar-refractivity contribution in [2.75, 3.05) is 11.9 Å². The van der Waals surface area contributed by atoms with Crippen molar-refractivity contribution in [2.24, 2.45) is 5.92 Å². The van der Waals surface area contributed by atoms with Crippen molar-refractivity contribution in [3.8, 4) is 0 Å². The molecule has 2 N–H and O–H groups in total. The van der Waals surface area contributed by atoms with Crippen LogP contribution in [0, 0.1) is 23.4 Å². The van der Waals surface area contributed by atoms with Gasteiger partial charge in [0.1, 0.15) is 5.82 Å². The molecule has 1 aliphatic carbocycles. The van der Waals surface area contributed by atoms with E-state index in [-0.39, 0.29) is 11.7 Å². The molecule has 1 saturated heterocycles. The van der Waals surface area contributed by atoms with E-state index in [4.69, 9.17) is 0 Å². The lowest BCUT2D eigenvalue weighted by atomic mass is 9.79. The molecule has 3 atom stereocenters. The van der Waals surface area contributed by atoms with Gasteiger partial charge in [-0.1, -0.05) is 12.8 Å². The lowest BCUT2D eigenvalue weighted by Crippen LogP contribution is -2.43. The Labute approximate surface area is 123 Å². The van der Waals surface area contributed by atoms with Crippen LogP contribution in [0.1, 0.15) is 38.5 Å².